The molecule has 1 fully saturated rings. The van der Waals surface area contributed by atoms with E-state index in [1.807, 2.05) is 72.8 Å². The molecule has 0 radical (unpaired) electrons. The van der Waals surface area contributed by atoms with Crippen molar-refractivity contribution in [2.24, 2.45) is 0 Å². The second-order valence-corrected chi connectivity index (χ2v) is 11.0. The number of benzene rings is 4. The first-order valence-corrected chi connectivity index (χ1v) is 14.5. The molecule has 0 aromatic heterocycles. The largest absolute Gasteiger partial charge is 0.489 e. The molecule has 1 aliphatic heterocycles. The van der Waals surface area contributed by atoms with Gasteiger partial charge in [-0.05, 0) is 82.2 Å². The number of hydrogen-bond donors (Lipinski definition) is 1. The quantitative estimate of drug-likeness (QED) is 0.177. The number of halogens is 1. The molecule has 1 N–H and O–H groups in total. The summed E-state index contributed by atoms with van der Waals surface area (Å²) in [5, 5.41) is 2.94. The van der Waals surface area contributed by atoms with Crippen molar-refractivity contribution in [3.05, 3.63) is 135 Å². The molecule has 42 heavy (non-hydrogen) atoms. The lowest BCUT2D eigenvalue weighted by Gasteiger charge is -2.20. The molecule has 0 bridgehead atoms. The molecule has 214 valence electrons. The molecule has 5 rings (SSSR count). The zero-order valence-corrected chi connectivity index (χ0v) is 24.8. The topological polar surface area (TPSA) is 94.2 Å². The predicted octanol–water partition coefficient (Wildman–Crippen LogP) is 5.85. The Morgan fingerprint density at radius 2 is 1.33 bits per heavy atom. The van der Waals surface area contributed by atoms with E-state index in [2.05, 4.69) is 27.9 Å². The lowest BCUT2D eigenvalue weighted by Crippen LogP contribution is -2.44. The lowest BCUT2D eigenvalue weighted by molar-refractivity contribution is 0.0260. The summed E-state index contributed by atoms with van der Waals surface area (Å²) in [4.78, 5) is 40.4. The number of esters is 1. The van der Waals surface area contributed by atoms with Crippen LogP contribution in [0.5, 0.6) is 5.75 Å². The number of rotatable bonds is 9. The van der Waals surface area contributed by atoms with Crippen LogP contribution < -0.4 is 10.1 Å². The minimum Gasteiger partial charge on any atom is -0.489 e. The summed E-state index contributed by atoms with van der Waals surface area (Å²) in [6.07, 6.45) is -1.32. The standard InChI is InChI=1S/C33H29IN2O6/c34-27-15-11-26(12-16-27)32(38)42-30-20-36(33(39)41-22-24-9-5-2-6-10-24)19-29(30)35-31(37)25-13-17-28(18-14-25)40-21-23-7-3-1-4-8-23/h1-18,29-30H,19-22H2,(H,35,37)/t29-,30-/m1/s1. The Hall–Kier alpha value is -4.38. The number of likely N-dealkylation sites (tertiary alicyclic amines) is 1. The first-order valence-electron chi connectivity index (χ1n) is 13.4. The molecule has 1 heterocycles. The van der Waals surface area contributed by atoms with Gasteiger partial charge in [0.2, 0.25) is 0 Å². The maximum Gasteiger partial charge on any atom is 0.410 e. The first kappa shape index (κ1) is 29.1. The molecule has 0 saturated carbocycles. The normalized spacial score (nSPS) is 16.0. The van der Waals surface area contributed by atoms with Crippen molar-refractivity contribution in [2.45, 2.75) is 25.4 Å². The summed E-state index contributed by atoms with van der Waals surface area (Å²) < 4.78 is 18.1. The second-order valence-electron chi connectivity index (χ2n) is 9.77. The van der Waals surface area contributed by atoms with Gasteiger partial charge >= 0.3 is 12.1 Å². The van der Waals surface area contributed by atoms with E-state index in [4.69, 9.17) is 14.2 Å². The Bertz CT molecular complexity index is 1500. The van der Waals surface area contributed by atoms with Gasteiger partial charge in [-0.2, -0.15) is 0 Å². The van der Waals surface area contributed by atoms with Crippen molar-refractivity contribution >= 4 is 40.6 Å². The van der Waals surface area contributed by atoms with Gasteiger partial charge in [-0.15, -0.1) is 0 Å². The molecular formula is C33H29IN2O6. The zero-order valence-electron chi connectivity index (χ0n) is 22.7. The number of nitrogens with one attached hydrogen (secondary N) is 1. The lowest BCUT2D eigenvalue weighted by atomic mass is 10.1. The number of nitrogens with zero attached hydrogens (tertiary/aromatic N) is 1. The highest BCUT2D eigenvalue weighted by Gasteiger charge is 2.40. The highest BCUT2D eigenvalue weighted by molar-refractivity contribution is 14.1. The molecule has 0 unspecified atom stereocenters. The average Bonchev–Trinajstić information content (AvgIpc) is 3.42. The van der Waals surface area contributed by atoms with Crippen LogP contribution in [0.2, 0.25) is 0 Å². The van der Waals surface area contributed by atoms with E-state index >= 15 is 0 Å². The maximum atomic E-state index is 13.2. The molecule has 2 atom stereocenters. The zero-order chi connectivity index (χ0) is 29.3. The van der Waals surface area contributed by atoms with Crippen molar-refractivity contribution in [3.8, 4) is 5.75 Å². The molecule has 2 amide bonds. The molecule has 0 aliphatic carbocycles. The van der Waals surface area contributed by atoms with Gasteiger partial charge in [-0.3, -0.25) is 4.79 Å². The van der Waals surface area contributed by atoms with Gasteiger partial charge in [0.1, 0.15) is 25.1 Å². The van der Waals surface area contributed by atoms with Crippen LogP contribution in [0.15, 0.2) is 109 Å². The van der Waals surface area contributed by atoms with E-state index in [0.717, 1.165) is 14.7 Å². The molecule has 4 aromatic carbocycles. The van der Waals surface area contributed by atoms with Crippen LogP contribution in [0.25, 0.3) is 0 Å². The van der Waals surface area contributed by atoms with E-state index < -0.39 is 24.2 Å². The van der Waals surface area contributed by atoms with Crippen LogP contribution in [0.1, 0.15) is 31.8 Å². The highest BCUT2D eigenvalue weighted by atomic mass is 127. The summed E-state index contributed by atoms with van der Waals surface area (Å²) in [6, 6.07) is 32.3. The van der Waals surface area contributed by atoms with Crippen molar-refractivity contribution in [1.29, 1.82) is 0 Å². The number of hydrogen-bond acceptors (Lipinski definition) is 6. The first-order chi connectivity index (χ1) is 20.4. The number of carbonyl (C=O) groups is 3. The van der Waals surface area contributed by atoms with Gasteiger partial charge in [0.25, 0.3) is 5.91 Å². The highest BCUT2D eigenvalue weighted by Crippen LogP contribution is 2.20. The van der Waals surface area contributed by atoms with Gasteiger partial charge in [0.15, 0.2) is 0 Å². The maximum absolute atomic E-state index is 13.2. The monoisotopic (exact) mass is 676 g/mol. The average molecular weight is 677 g/mol. The summed E-state index contributed by atoms with van der Waals surface area (Å²) in [7, 11) is 0. The van der Waals surface area contributed by atoms with Gasteiger partial charge in [-0.25, -0.2) is 9.59 Å². The summed E-state index contributed by atoms with van der Waals surface area (Å²) in [5.74, 6) is -0.257. The Morgan fingerprint density at radius 3 is 1.98 bits per heavy atom. The summed E-state index contributed by atoms with van der Waals surface area (Å²) in [6.45, 7) is 0.737. The van der Waals surface area contributed by atoms with E-state index in [-0.39, 0.29) is 25.6 Å². The Balaban J connectivity index is 1.23. The van der Waals surface area contributed by atoms with Crippen molar-refractivity contribution in [1.82, 2.24) is 10.2 Å². The fourth-order valence-corrected chi connectivity index (χ4v) is 4.84. The molecule has 4 aromatic rings. The molecule has 1 aliphatic rings. The van der Waals surface area contributed by atoms with Gasteiger partial charge in [0.05, 0.1) is 18.2 Å². The fraction of sp³-hybridized carbons (Fsp3) is 0.182. The smallest absolute Gasteiger partial charge is 0.410 e. The minimum atomic E-state index is -0.765. The summed E-state index contributed by atoms with van der Waals surface area (Å²) in [5.41, 5.74) is 2.69. The third-order valence-electron chi connectivity index (χ3n) is 6.75. The SMILES string of the molecule is O=C(N[C@@H]1CN(C(=O)OCc2ccccc2)C[C@H]1OC(=O)c1ccc(I)cc1)c1ccc(OCc2ccccc2)cc1. The Kier molecular flexibility index (Phi) is 9.70. The molecule has 9 heteroatoms. The van der Waals surface area contributed by atoms with Crippen LogP contribution in [0.3, 0.4) is 0 Å². The van der Waals surface area contributed by atoms with E-state index in [0.29, 0.717) is 23.5 Å². The minimum absolute atomic E-state index is 0.0843. The number of carbonyl (C=O) groups excluding carboxylic acids is 3. The molecular weight excluding hydrogens is 647 g/mol. The van der Waals surface area contributed by atoms with E-state index in [9.17, 15) is 14.4 Å². The van der Waals surface area contributed by atoms with Crippen LogP contribution >= 0.6 is 22.6 Å². The molecule has 8 nitrogen and oxygen atoms in total. The predicted molar refractivity (Wildman–Crippen MR) is 165 cm³/mol. The van der Waals surface area contributed by atoms with Gasteiger partial charge < -0.3 is 24.4 Å². The van der Waals surface area contributed by atoms with Crippen LogP contribution in [0.4, 0.5) is 4.79 Å². The molecule has 0 spiro atoms. The van der Waals surface area contributed by atoms with E-state index in [1.165, 1.54) is 4.90 Å². The Labute approximate surface area is 257 Å². The number of ether oxygens (including phenoxy) is 3. The number of amides is 2. The van der Waals surface area contributed by atoms with Crippen molar-refractivity contribution in [2.75, 3.05) is 13.1 Å². The fourth-order valence-electron chi connectivity index (χ4n) is 4.48. The third kappa shape index (κ3) is 7.88. The van der Waals surface area contributed by atoms with Crippen LogP contribution in [-0.2, 0) is 22.7 Å². The van der Waals surface area contributed by atoms with Gasteiger partial charge in [0, 0.05) is 15.7 Å². The third-order valence-corrected chi connectivity index (χ3v) is 7.47. The van der Waals surface area contributed by atoms with Gasteiger partial charge in [-0.1, -0.05) is 60.7 Å². The Morgan fingerprint density at radius 1 is 0.738 bits per heavy atom. The van der Waals surface area contributed by atoms with Crippen LogP contribution in [0, 0.1) is 3.57 Å². The summed E-state index contributed by atoms with van der Waals surface area (Å²) >= 11 is 2.16. The van der Waals surface area contributed by atoms with Crippen molar-refractivity contribution in [3.63, 3.8) is 0 Å². The van der Waals surface area contributed by atoms with E-state index in [1.54, 1.807) is 36.4 Å². The van der Waals surface area contributed by atoms with Crippen LogP contribution in [-0.4, -0.2) is 48.1 Å². The molecule has 1 saturated heterocycles. The van der Waals surface area contributed by atoms with Crippen molar-refractivity contribution < 1.29 is 28.6 Å². The second kappa shape index (κ2) is 14.0.